The fourth-order valence-electron chi connectivity index (χ4n) is 3.05. The van der Waals surface area contributed by atoms with E-state index in [2.05, 4.69) is 9.37 Å². The Kier molecular flexibility index (Phi) is 6.95. The molecule has 0 saturated heterocycles. The van der Waals surface area contributed by atoms with Crippen LogP contribution < -0.4 is 9.99 Å². The van der Waals surface area contributed by atoms with E-state index in [4.69, 9.17) is 4.74 Å². The van der Waals surface area contributed by atoms with E-state index in [0.717, 1.165) is 12.8 Å². The second kappa shape index (κ2) is 8.57. The van der Waals surface area contributed by atoms with Gasteiger partial charge in [-0.2, -0.15) is 13.1 Å². The highest BCUT2D eigenvalue weighted by atomic mass is 32.2. The summed E-state index contributed by atoms with van der Waals surface area (Å²) in [4.78, 5) is -1.16. The lowest BCUT2D eigenvalue weighted by atomic mass is 9.76. The Balaban J connectivity index is 2.30. The quantitative estimate of drug-likeness (QED) is 0.241. The smallest absolute Gasteiger partial charge is 0.205 e. The number of ether oxygens (including phenoxy) is 1. The van der Waals surface area contributed by atoms with Crippen molar-refractivity contribution in [3.8, 4) is 5.75 Å². The summed E-state index contributed by atoms with van der Waals surface area (Å²) < 4.78 is 65.4. The molecule has 0 aromatic heterocycles. The standard InChI is InChI=1S/C16H20F4O4S/c1-7(2)9-5-4-8(3)10(6-9)22-15-11(17)13(19)16(25-24-23-21)14(20)12(15)18/h7-10,21H,4-6H2,1-3H3/p-1/t8-,9-,10?/m0/s1. The van der Waals surface area contributed by atoms with Gasteiger partial charge in [0.2, 0.25) is 11.6 Å². The molecule has 1 aliphatic rings. The van der Waals surface area contributed by atoms with Crippen LogP contribution in [0, 0.1) is 41.0 Å². The van der Waals surface area contributed by atoms with Gasteiger partial charge in [-0.1, -0.05) is 20.8 Å². The van der Waals surface area contributed by atoms with Gasteiger partial charge in [-0.3, -0.25) is 5.04 Å². The van der Waals surface area contributed by atoms with Crippen molar-refractivity contribution in [1.29, 1.82) is 0 Å². The molecule has 1 unspecified atom stereocenters. The van der Waals surface area contributed by atoms with Crippen LogP contribution in [-0.4, -0.2) is 6.10 Å². The molecule has 0 radical (unpaired) electrons. The van der Waals surface area contributed by atoms with Gasteiger partial charge in [0.1, 0.15) is 11.0 Å². The maximum Gasteiger partial charge on any atom is 0.205 e. The summed E-state index contributed by atoms with van der Waals surface area (Å²) in [7, 11) is 0. The second-order valence-electron chi connectivity index (χ2n) is 6.58. The molecule has 0 N–H and O–H groups in total. The number of hydrogen-bond donors (Lipinski definition) is 0. The van der Waals surface area contributed by atoms with Crippen molar-refractivity contribution >= 4 is 12.0 Å². The minimum absolute atomic E-state index is 0.00818. The van der Waals surface area contributed by atoms with Crippen molar-refractivity contribution in [3.05, 3.63) is 23.3 Å². The Morgan fingerprint density at radius 1 is 1.04 bits per heavy atom. The zero-order chi connectivity index (χ0) is 18.7. The molecule has 1 saturated carbocycles. The summed E-state index contributed by atoms with van der Waals surface area (Å²) in [5.74, 6) is -7.19. The molecule has 4 nitrogen and oxygen atoms in total. The largest absolute Gasteiger partial charge is 0.691 e. The first-order valence-corrected chi connectivity index (χ1v) is 8.67. The SMILES string of the molecule is CC(C)[C@H]1CC[C@H](C)C(Oc2c(F)c(F)c(SOO[O-])c(F)c2F)C1. The summed E-state index contributed by atoms with van der Waals surface area (Å²) in [6, 6.07) is 0. The highest BCUT2D eigenvalue weighted by molar-refractivity contribution is 7.94. The van der Waals surface area contributed by atoms with Gasteiger partial charge in [0.25, 0.3) is 0 Å². The van der Waals surface area contributed by atoms with Crippen LogP contribution in [0.25, 0.3) is 0 Å². The van der Waals surface area contributed by atoms with Crippen molar-refractivity contribution in [3.63, 3.8) is 0 Å². The van der Waals surface area contributed by atoms with Crippen LogP contribution in [-0.2, 0) is 9.37 Å². The summed E-state index contributed by atoms with van der Waals surface area (Å²) in [5, 5.41) is 12.7. The number of rotatable bonds is 6. The Labute approximate surface area is 147 Å². The van der Waals surface area contributed by atoms with Gasteiger partial charge < -0.3 is 9.99 Å². The lowest BCUT2D eigenvalue weighted by Gasteiger charge is -2.36. The van der Waals surface area contributed by atoms with Gasteiger partial charge in [-0.15, -0.1) is 0 Å². The van der Waals surface area contributed by atoms with Gasteiger partial charge in [0.15, 0.2) is 17.4 Å². The van der Waals surface area contributed by atoms with Crippen LogP contribution >= 0.6 is 12.0 Å². The molecule has 0 aliphatic heterocycles. The van der Waals surface area contributed by atoms with Crippen molar-refractivity contribution < 1.29 is 36.9 Å². The molecule has 2 rings (SSSR count). The minimum atomic E-state index is -1.71. The highest BCUT2D eigenvalue weighted by Crippen LogP contribution is 2.40. The van der Waals surface area contributed by atoms with Crippen molar-refractivity contribution in [2.75, 3.05) is 0 Å². The van der Waals surface area contributed by atoms with E-state index in [0.29, 0.717) is 18.3 Å². The molecule has 25 heavy (non-hydrogen) atoms. The molecule has 1 aromatic carbocycles. The second-order valence-corrected chi connectivity index (χ2v) is 7.30. The maximum absolute atomic E-state index is 14.2. The Morgan fingerprint density at radius 2 is 1.64 bits per heavy atom. The van der Waals surface area contributed by atoms with Crippen LogP contribution in [0.4, 0.5) is 17.6 Å². The van der Waals surface area contributed by atoms with Gasteiger partial charge in [-0.05, 0) is 37.0 Å². The topological polar surface area (TPSA) is 50.8 Å². The molecule has 0 spiro atoms. The average Bonchev–Trinajstić information content (AvgIpc) is 2.58. The summed E-state index contributed by atoms with van der Waals surface area (Å²) in [5.41, 5.74) is 0. The molecule has 9 heteroatoms. The number of halogens is 4. The number of benzene rings is 1. The lowest BCUT2D eigenvalue weighted by molar-refractivity contribution is -0.777. The van der Waals surface area contributed by atoms with Crippen LogP contribution in [0.3, 0.4) is 0 Å². The monoisotopic (exact) mass is 383 g/mol. The first kappa shape index (κ1) is 20.3. The lowest BCUT2D eigenvalue weighted by Crippen LogP contribution is -2.35. The molecule has 1 aliphatic carbocycles. The Bertz CT molecular complexity index is 585. The van der Waals surface area contributed by atoms with Crippen LogP contribution in [0.15, 0.2) is 4.90 Å². The third kappa shape index (κ3) is 4.39. The Morgan fingerprint density at radius 3 is 2.16 bits per heavy atom. The maximum atomic E-state index is 14.2. The number of hydrogen-bond acceptors (Lipinski definition) is 5. The third-order valence-corrected chi connectivity index (χ3v) is 5.35. The van der Waals surface area contributed by atoms with Crippen molar-refractivity contribution in [2.24, 2.45) is 17.8 Å². The van der Waals surface area contributed by atoms with E-state index in [9.17, 15) is 22.8 Å². The Hall–Kier alpha value is -1.03. The molecule has 1 aromatic rings. The zero-order valence-electron chi connectivity index (χ0n) is 14.0. The predicted molar refractivity (Wildman–Crippen MR) is 80.1 cm³/mol. The van der Waals surface area contributed by atoms with E-state index in [-0.39, 0.29) is 18.0 Å². The van der Waals surface area contributed by atoms with Gasteiger partial charge in [0, 0.05) is 0 Å². The summed E-state index contributed by atoms with van der Waals surface area (Å²) in [6.07, 6.45) is 1.76. The molecular weight excluding hydrogens is 364 g/mol. The van der Waals surface area contributed by atoms with Gasteiger partial charge in [-0.25, -0.2) is 8.78 Å². The molecular formula is C16H19F4O4S-. The predicted octanol–water partition coefficient (Wildman–Crippen LogP) is 4.31. The van der Waals surface area contributed by atoms with E-state index in [1.807, 2.05) is 20.8 Å². The van der Waals surface area contributed by atoms with Crippen LogP contribution in [0.1, 0.15) is 40.0 Å². The van der Waals surface area contributed by atoms with Crippen molar-refractivity contribution in [1.82, 2.24) is 0 Å². The normalized spacial score (nSPS) is 24.0. The third-order valence-electron chi connectivity index (χ3n) is 4.70. The first-order chi connectivity index (χ1) is 11.8. The van der Waals surface area contributed by atoms with Crippen molar-refractivity contribution in [2.45, 2.75) is 51.0 Å². The molecule has 0 heterocycles. The van der Waals surface area contributed by atoms with E-state index >= 15 is 0 Å². The van der Waals surface area contributed by atoms with E-state index < -0.39 is 40.0 Å². The summed E-state index contributed by atoms with van der Waals surface area (Å²) >= 11 is -0.259. The fraction of sp³-hybridized carbons (Fsp3) is 0.625. The van der Waals surface area contributed by atoms with Gasteiger partial charge in [0.05, 0.1) is 12.0 Å². The van der Waals surface area contributed by atoms with Crippen LogP contribution in [0.2, 0.25) is 0 Å². The van der Waals surface area contributed by atoms with Crippen LogP contribution in [0.5, 0.6) is 5.75 Å². The molecule has 0 bridgehead atoms. The molecule has 142 valence electrons. The highest BCUT2D eigenvalue weighted by Gasteiger charge is 2.34. The van der Waals surface area contributed by atoms with Gasteiger partial charge >= 0.3 is 0 Å². The molecule has 1 fully saturated rings. The average molecular weight is 383 g/mol. The minimum Gasteiger partial charge on any atom is -0.691 e. The molecule has 3 atom stereocenters. The molecule has 0 amide bonds. The first-order valence-electron chi connectivity index (χ1n) is 7.93. The van der Waals surface area contributed by atoms with E-state index in [1.54, 1.807) is 0 Å². The fourth-order valence-corrected chi connectivity index (χ4v) is 3.47. The summed E-state index contributed by atoms with van der Waals surface area (Å²) in [6.45, 7) is 5.96. The van der Waals surface area contributed by atoms with E-state index in [1.165, 1.54) is 0 Å². The zero-order valence-corrected chi connectivity index (χ0v) is 14.8.